The Bertz CT molecular complexity index is 196. The summed E-state index contributed by atoms with van der Waals surface area (Å²) < 4.78 is 0. The summed E-state index contributed by atoms with van der Waals surface area (Å²) in [5, 5.41) is 9.30. The molecule has 0 fully saturated rings. The van der Waals surface area contributed by atoms with E-state index in [4.69, 9.17) is 0 Å². The monoisotopic (exact) mass is 366 g/mol. The van der Waals surface area contributed by atoms with Gasteiger partial charge in [-0.2, -0.15) is 6.42 Å². The van der Waals surface area contributed by atoms with E-state index in [-0.39, 0.29) is 67.2 Å². The number of aliphatic hydroxyl groups is 1. The van der Waals surface area contributed by atoms with E-state index in [2.05, 4.69) is 0 Å². The normalized spacial score (nSPS) is 12.7. The molecule has 4 nitrogen and oxygen atoms in total. The van der Waals surface area contributed by atoms with E-state index in [0.29, 0.717) is 0 Å². The molecule has 0 amide bonds. The maximum Gasteiger partial charge on any atom is 0.130 e. The van der Waals surface area contributed by atoms with E-state index in [1.54, 1.807) is 0 Å². The van der Waals surface area contributed by atoms with E-state index < -0.39 is 5.60 Å². The Morgan fingerprint density at radius 1 is 1.36 bits per heavy atom. The molecule has 80 valence electrons. The summed E-state index contributed by atoms with van der Waals surface area (Å²) in [6, 6.07) is 0. The molecule has 0 aromatic carbocycles. The number of carbonyl (C=O) groups is 1. The minimum absolute atomic E-state index is 0. The van der Waals surface area contributed by atoms with Crippen LogP contribution in [0.15, 0.2) is 0 Å². The average molecular weight is 362 g/mol. The summed E-state index contributed by atoms with van der Waals surface area (Å²) >= 11 is 0. The van der Waals surface area contributed by atoms with Crippen LogP contribution in [0.3, 0.4) is 0 Å². The summed E-state index contributed by atoms with van der Waals surface area (Å²) in [6.45, 7) is 1.26. The number of hydrogen-bond donors (Lipinski definition) is 1. The zero-order chi connectivity index (χ0) is 9.61. The molecule has 0 unspecified atom stereocenters. The first-order valence-electron chi connectivity index (χ1n) is 3.50. The van der Waals surface area contributed by atoms with Crippen molar-refractivity contribution in [2.45, 2.75) is 31.8 Å². The third-order valence-corrected chi connectivity index (χ3v) is 1.37. The first-order chi connectivity index (χ1) is 5.54. The summed E-state index contributed by atoms with van der Waals surface area (Å²) in [6.07, 6.45) is 2.42. The molecule has 0 aromatic heterocycles. The second-order valence-corrected chi connectivity index (χ2v) is 2.66. The second kappa shape index (κ2) is 9.88. The van der Waals surface area contributed by atoms with Crippen LogP contribution < -0.4 is 0 Å². The number of ketones is 1. The van der Waals surface area contributed by atoms with E-state index >= 15 is 0 Å². The van der Waals surface area contributed by atoms with Crippen molar-refractivity contribution in [1.82, 2.24) is 0 Å². The molecule has 0 heterocycles. The van der Waals surface area contributed by atoms with Crippen LogP contribution in [0, 0.1) is 0 Å². The average Bonchev–Trinajstić information content (AvgIpc) is 2.00. The molecule has 0 aliphatic rings. The van der Waals surface area contributed by atoms with Crippen molar-refractivity contribution >= 4 is 18.4 Å². The van der Waals surface area contributed by atoms with Gasteiger partial charge in [-0.15, -0.1) is 0 Å². The van der Waals surface area contributed by atoms with Gasteiger partial charge in [0.15, 0.2) is 0 Å². The Hall–Kier alpha value is 0.347. The molecule has 0 saturated carbocycles. The van der Waals surface area contributed by atoms with Gasteiger partial charge < -0.3 is 19.5 Å². The first kappa shape index (κ1) is 19.8. The van der Waals surface area contributed by atoms with Gasteiger partial charge >= 0.3 is 0 Å². The minimum Gasteiger partial charge on any atom is -0.542 e. The molecule has 1 atom stereocenters. The maximum atomic E-state index is 10.5. The van der Waals surface area contributed by atoms with Crippen molar-refractivity contribution in [3.05, 3.63) is 0 Å². The summed E-state index contributed by atoms with van der Waals surface area (Å²) in [4.78, 5) is 30.6. The van der Waals surface area contributed by atoms with Crippen molar-refractivity contribution in [1.29, 1.82) is 0 Å². The molecule has 0 aromatic rings. The molecule has 0 rings (SSSR count). The molecule has 0 bridgehead atoms. The topological polar surface area (TPSA) is 71.4 Å². The Balaban J connectivity index is -0.000000605. The number of hydrogen-bond acceptors (Lipinski definition) is 4. The Morgan fingerprint density at radius 2 is 1.86 bits per heavy atom. The van der Waals surface area contributed by atoms with E-state index in [1.807, 2.05) is 0 Å². The minimum atomic E-state index is -1.80. The van der Waals surface area contributed by atoms with Gasteiger partial charge in [-0.3, -0.25) is 6.29 Å². The van der Waals surface area contributed by atoms with Crippen LogP contribution >= 0.6 is 0 Å². The van der Waals surface area contributed by atoms with Gasteiger partial charge in [0.1, 0.15) is 5.78 Å². The van der Waals surface area contributed by atoms with E-state index in [1.165, 1.54) is 19.5 Å². The van der Waals surface area contributed by atoms with Crippen LogP contribution in [0.2, 0.25) is 0 Å². The van der Waals surface area contributed by atoms with Gasteiger partial charge in [0.2, 0.25) is 0 Å². The van der Waals surface area contributed by atoms with Crippen molar-refractivity contribution in [2.24, 2.45) is 0 Å². The van der Waals surface area contributed by atoms with Crippen LogP contribution in [0.4, 0.5) is 0 Å². The second-order valence-electron chi connectivity index (χ2n) is 2.66. The fourth-order valence-electron chi connectivity index (χ4n) is 0.845. The molecule has 0 aliphatic carbocycles. The number of rotatable bonds is 6. The van der Waals surface area contributed by atoms with Crippen molar-refractivity contribution in [2.75, 3.05) is 0 Å². The quantitative estimate of drug-likeness (QED) is 0.520. The largest absolute Gasteiger partial charge is 0.542 e. The predicted molar refractivity (Wildman–Crippen MR) is 40.9 cm³/mol. The third-order valence-electron chi connectivity index (χ3n) is 1.37. The molecule has 0 spiro atoms. The van der Waals surface area contributed by atoms with E-state index in [0.717, 1.165) is 0 Å². The van der Waals surface area contributed by atoms with Gasteiger partial charge in [0.25, 0.3) is 0 Å². The van der Waals surface area contributed by atoms with Gasteiger partial charge in [-0.05, 0) is 12.5 Å². The third kappa shape index (κ3) is 8.92. The van der Waals surface area contributed by atoms with Crippen molar-refractivity contribution in [3.63, 3.8) is 0 Å². The molecule has 14 heavy (non-hydrogen) atoms. The molecule has 0 aliphatic heterocycles. The van der Waals surface area contributed by atoms with Crippen LogP contribution in [-0.2, 0) is 56.5 Å². The predicted octanol–water partition coefficient (Wildman–Crippen LogP) is -0.309. The smallest absolute Gasteiger partial charge is 0.130 e. The fraction of sp³-hybridized carbons (Fsp3) is 0.625. The van der Waals surface area contributed by atoms with Crippen molar-refractivity contribution < 1.29 is 61.6 Å². The summed E-state index contributed by atoms with van der Waals surface area (Å²) in [7, 11) is 0. The standard InChI is InChI=1S/C8H10O4.2Mo/c1-7(11)5-8(12,6-10)3-2-4-9;;/h12H,2-3,5H2,1H3;;/q-2;;/t8-;;/m1../s1. The Morgan fingerprint density at radius 3 is 2.14 bits per heavy atom. The Kier molecular flexibility index (Phi) is 14.0. The Labute approximate surface area is 111 Å². The van der Waals surface area contributed by atoms with Gasteiger partial charge in [-0.25, -0.2) is 6.29 Å². The van der Waals surface area contributed by atoms with Crippen LogP contribution in [0.5, 0.6) is 0 Å². The van der Waals surface area contributed by atoms with Gasteiger partial charge in [-0.1, -0.05) is 6.42 Å². The molecule has 1 N–H and O–H groups in total. The molecule has 0 saturated heterocycles. The molecular formula is C8H10Mo2O4-2. The maximum absolute atomic E-state index is 10.5. The summed E-state index contributed by atoms with van der Waals surface area (Å²) in [5.41, 5.74) is -1.80. The first-order valence-corrected chi connectivity index (χ1v) is 3.50. The van der Waals surface area contributed by atoms with Crippen LogP contribution in [0.25, 0.3) is 0 Å². The number of carbonyl (C=O) groups excluding carboxylic acids is 3. The van der Waals surface area contributed by atoms with Crippen LogP contribution in [-0.4, -0.2) is 29.1 Å². The van der Waals surface area contributed by atoms with Gasteiger partial charge in [0, 0.05) is 48.6 Å². The molecular weight excluding hydrogens is 352 g/mol. The molecule has 0 radical (unpaired) electrons. The zero-order valence-electron chi connectivity index (χ0n) is 7.61. The van der Waals surface area contributed by atoms with Gasteiger partial charge in [0.05, 0.1) is 0 Å². The molecule has 6 heteroatoms. The van der Waals surface area contributed by atoms with Crippen molar-refractivity contribution in [3.8, 4) is 0 Å². The summed E-state index contributed by atoms with van der Waals surface area (Å²) in [5.74, 6) is -0.313. The van der Waals surface area contributed by atoms with E-state index in [9.17, 15) is 19.5 Å². The number of Topliss-reactive ketones (excluding diaryl/α,β-unsaturated/α-hetero) is 1. The zero-order valence-corrected chi connectivity index (χ0v) is 11.6. The SMILES string of the molecule is CC(=O)C[C@@](O)([C-]=O)CC[C-]=O.[Mo].[Mo]. The van der Waals surface area contributed by atoms with Crippen LogP contribution in [0.1, 0.15) is 26.2 Å². The fourth-order valence-corrected chi connectivity index (χ4v) is 0.845.